The van der Waals surface area contributed by atoms with Crippen molar-refractivity contribution >= 4 is 0 Å². The first-order valence-electron chi connectivity index (χ1n) is 3.64. The Bertz CT molecular complexity index is 48.5. The molecule has 0 rings (SSSR count). The normalized spacial score (nSPS) is 11.1. The van der Waals surface area contributed by atoms with Crippen LogP contribution in [0.5, 0.6) is 0 Å². The number of hydrogen-bond donors (Lipinski definition) is 0. The molecular weight excluding hydrogens is 197 g/mol. The summed E-state index contributed by atoms with van der Waals surface area (Å²) in [5.74, 6) is 0.704. The molecule has 0 spiro atoms. The number of rotatable bonds is 4. The van der Waals surface area contributed by atoms with Gasteiger partial charge in [-0.3, -0.25) is 0 Å². The van der Waals surface area contributed by atoms with Gasteiger partial charge in [0.1, 0.15) is 0 Å². The zero-order chi connectivity index (χ0) is 6.41. The summed E-state index contributed by atoms with van der Waals surface area (Å²) >= 11 is 0. The van der Waals surface area contributed by atoms with Crippen LogP contribution in [0.4, 0.5) is 0 Å². The molecule has 0 bridgehead atoms. The Morgan fingerprint density at radius 3 is 2.10 bits per heavy atom. The summed E-state index contributed by atoms with van der Waals surface area (Å²) in [7, 11) is 0. The molecule has 58 valence electrons. The first kappa shape index (κ1) is 17.1. The van der Waals surface area contributed by atoms with Gasteiger partial charge in [-0.05, 0) is 0 Å². The van der Waals surface area contributed by atoms with Crippen molar-refractivity contribution < 1.29 is 31.9 Å². The molecular formula is C8H17ClZn. The topological polar surface area (TPSA) is 0 Å². The van der Waals surface area contributed by atoms with Crippen LogP contribution < -0.4 is 12.4 Å². The van der Waals surface area contributed by atoms with E-state index < -0.39 is 0 Å². The molecule has 0 aliphatic heterocycles. The van der Waals surface area contributed by atoms with Crippen LogP contribution in [0.1, 0.15) is 39.5 Å². The molecule has 0 aromatic heterocycles. The van der Waals surface area contributed by atoms with E-state index in [0.29, 0.717) is 5.92 Å². The first-order chi connectivity index (χ1) is 3.81. The van der Waals surface area contributed by atoms with Crippen molar-refractivity contribution in [2.45, 2.75) is 39.5 Å². The van der Waals surface area contributed by atoms with Crippen LogP contribution in [0.2, 0.25) is 0 Å². The van der Waals surface area contributed by atoms with Crippen molar-refractivity contribution in [3.05, 3.63) is 6.92 Å². The first-order valence-corrected chi connectivity index (χ1v) is 3.64. The van der Waals surface area contributed by atoms with Crippen LogP contribution in [0.15, 0.2) is 0 Å². The summed E-state index contributed by atoms with van der Waals surface area (Å²) in [5, 5.41) is 0. The molecule has 0 aliphatic rings. The van der Waals surface area contributed by atoms with E-state index in [9.17, 15) is 0 Å². The largest absolute Gasteiger partial charge is 2.00 e. The molecule has 0 saturated heterocycles. The maximum Gasteiger partial charge on any atom is 2.00 e. The summed E-state index contributed by atoms with van der Waals surface area (Å²) in [5.41, 5.74) is 0. The van der Waals surface area contributed by atoms with E-state index in [-0.39, 0.29) is 31.9 Å². The van der Waals surface area contributed by atoms with Crippen LogP contribution in [-0.2, 0) is 19.5 Å². The molecule has 1 unspecified atom stereocenters. The summed E-state index contributed by atoms with van der Waals surface area (Å²) in [6, 6.07) is 0. The predicted octanol–water partition coefficient (Wildman–Crippen LogP) is 0.0384. The van der Waals surface area contributed by atoms with Gasteiger partial charge in [-0.15, -0.1) is 0 Å². The molecule has 0 fully saturated rings. The Balaban J connectivity index is -0.000000245. The third kappa shape index (κ3) is 11.7. The Morgan fingerprint density at radius 2 is 1.80 bits per heavy atom. The molecule has 0 heterocycles. The second kappa shape index (κ2) is 12.6. The number of halogens is 1. The molecule has 10 heavy (non-hydrogen) atoms. The van der Waals surface area contributed by atoms with E-state index >= 15 is 0 Å². The molecule has 1 atom stereocenters. The summed E-state index contributed by atoms with van der Waals surface area (Å²) in [6.07, 6.45) is 5.21. The van der Waals surface area contributed by atoms with Crippen molar-refractivity contribution in [3.8, 4) is 0 Å². The SMILES string of the molecule is [CH2-]C(CC)CCCC.[Cl-].[Zn+2]. The minimum atomic E-state index is 0. The molecule has 0 aromatic rings. The smallest absolute Gasteiger partial charge is 1.00 e. The van der Waals surface area contributed by atoms with Gasteiger partial charge < -0.3 is 19.3 Å². The van der Waals surface area contributed by atoms with Gasteiger partial charge in [-0.25, -0.2) is 0 Å². The third-order valence-electron chi connectivity index (χ3n) is 1.54. The van der Waals surface area contributed by atoms with Gasteiger partial charge in [0.2, 0.25) is 0 Å². The van der Waals surface area contributed by atoms with Gasteiger partial charge in [-0.1, -0.05) is 39.5 Å². The quantitative estimate of drug-likeness (QED) is 0.457. The van der Waals surface area contributed by atoms with E-state index in [1.54, 1.807) is 0 Å². The van der Waals surface area contributed by atoms with Crippen molar-refractivity contribution in [2.75, 3.05) is 0 Å². The van der Waals surface area contributed by atoms with E-state index in [1.807, 2.05) is 0 Å². The van der Waals surface area contributed by atoms with Crippen LogP contribution in [0.3, 0.4) is 0 Å². The zero-order valence-electron chi connectivity index (χ0n) is 7.20. The van der Waals surface area contributed by atoms with Crippen LogP contribution in [0.25, 0.3) is 0 Å². The second-order valence-electron chi connectivity index (χ2n) is 2.42. The Morgan fingerprint density at radius 1 is 1.30 bits per heavy atom. The summed E-state index contributed by atoms with van der Waals surface area (Å²) in [4.78, 5) is 0. The molecule has 0 radical (unpaired) electrons. The molecule has 0 aliphatic carbocycles. The van der Waals surface area contributed by atoms with Crippen molar-refractivity contribution in [1.82, 2.24) is 0 Å². The molecule has 0 nitrogen and oxygen atoms in total. The predicted molar refractivity (Wildman–Crippen MR) is 38.7 cm³/mol. The average Bonchev–Trinajstić information content (AvgIpc) is 1.83. The van der Waals surface area contributed by atoms with Gasteiger partial charge in [-0.2, -0.15) is 5.92 Å². The van der Waals surface area contributed by atoms with Gasteiger partial charge in [0, 0.05) is 0 Å². The molecule has 0 saturated carbocycles. The van der Waals surface area contributed by atoms with Crippen molar-refractivity contribution in [3.63, 3.8) is 0 Å². The Hall–Kier alpha value is 0.913. The maximum atomic E-state index is 3.99. The fourth-order valence-corrected chi connectivity index (χ4v) is 0.697. The van der Waals surface area contributed by atoms with Gasteiger partial charge >= 0.3 is 19.5 Å². The Kier molecular flexibility index (Phi) is 21.5. The second-order valence-corrected chi connectivity index (χ2v) is 2.42. The van der Waals surface area contributed by atoms with Gasteiger partial charge in [0.05, 0.1) is 0 Å². The van der Waals surface area contributed by atoms with Crippen molar-refractivity contribution in [1.29, 1.82) is 0 Å². The maximum absolute atomic E-state index is 3.99. The zero-order valence-corrected chi connectivity index (χ0v) is 10.9. The van der Waals surface area contributed by atoms with Crippen LogP contribution >= 0.6 is 0 Å². The molecule has 2 heteroatoms. The third-order valence-corrected chi connectivity index (χ3v) is 1.54. The van der Waals surface area contributed by atoms with E-state index in [1.165, 1.54) is 25.7 Å². The number of hydrogen-bond acceptors (Lipinski definition) is 0. The molecule has 0 amide bonds. The standard InChI is InChI=1S/C8H17.ClH.Zn/c1-4-6-7-8(3)5-2;;/h8H,3-7H2,1-2H3;1H;/q-1;;+2/p-1. The monoisotopic (exact) mass is 212 g/mol. The molecule has 0 N–H and O–H groups in total. The number of unbranched alkanes of at least 4 members (excludes halogenated alkanes) is 1. The minimum absolute atomic E-state index is 0. The fraction of sp³-hybridized carbons (Fsp3) is 0.875. The average molecular weight is 214 g/mol. The van der Waals surface area contributed by atoms with E-state index in [4.69, 9.17) is 0 Å². The summed E-state index contributed by atoms with van der Waals surface area (Å²) < 4.78 is 0. The summed E-state index contributed by atoms with van der Waals surface area (Å²) in [6.45, 7) is 8.42. The van der Waals surface area contributed by atoms with Crippen molar-refractivity contribution in [2.24, 2.45) is 5.92 Å². The van der Waals surface area contributed by atoms with Gasteiger partial charge in [0.25, 0.3) is 0 Å². The minimum Gasteiger partial charge on any atom is -1.00 e. The van der Waals surface area contributed by atoms with Crippen LogP contribution in [-0.4, -0.2) is 0 Å². The fourth-order valence-electron chi connectivity index (χ4n) is 0.697. The Labute approximate surface area is 84.3 Å². The van der Waals surface area contributed by atoms with Gasteiger partial charge in [0.15, 0.2) is 0 Å². The molecule has 0 aromatic carbocycles. The van der Waals surface area contributed by atoms with E-state index in [0.717, 1.165) is 0 Å². The van der Waals surface area contributed by atoms with Crippen LogP contribution in [0, 0.1) is 12.8 Å². The van der Waals surface area contributed by atoms with E-state index in [2.05, 4.69) is 20.8 Å².